The molecule has 10 heteroatoms. The molecule has 324 valence electrons. The zero-order valence-corrected chi connectivity index (χ0v) is 37.3. The second kappa shape index (κ2) is 38.0. The van der Waals surface area contributed by atoms with Crippen LogP contribution in [0.25, 0.3) is 0 Å². The Hall–Kier alpha value is -1.51. The SMILES string of the molecule is CCCCCC/C=C\CCCCCCCC(=O)OCC(COP(=O)(O)OCC[N+](C)(C)C)OC(=O)CCCCCCCCC/C=C\CCCCCCCCC. The molecule has 0 saturated heterocycles. The van der Waals surface area contributed by atoms with Crippen LogP contribution in [0, 0.1) is 0 Å². The molecule has 0 aromatic heterocycles. The summed E-state index contributed by atoms with van der Waals surface area (Å²) in [5, 5.41) is 0. The van der Waals surface area contributed by atoms with E-state index in [2.05, 4.69) is 38.2 Å². The van der Waals surface area contributed by atoms with Crippen LogP contribution in [0.1, 0.15) is 200 Å². The molecule has 0 radical (unpaired) electrons. The average Bonchev–Trinajstić information content (AvgIpc) is 3.13. The molecule has 0 saturated carbocycles. The molecule has 9 nitrogen and oxygen atoms in total. The summed E-state index contributed by atoms with van der Waals surface area (Å²) < 4.78 is 34.3. The molecule has 0 aliphatic heterocycles. The summed E-state index contributed by atoms with van der Waals surface area (Å²) in [7, 11) is 1.47. The molecule has 0 aromatic carbocycles. The van der Waals surface area contributed by atoms with Crippen LogP contribution in [0.4, 0.5) is 0 Å². The largest absolute Gasteiger partial charge is 0.472 e. The molecule has 0 fully saturated rings. The van der Waals surface area contributed by atoms with Gasteiger partial charge in [0.15, 0.2) is 6.10 Å². The number of carbonyl (C=O) groups excluding carboxylic acids is 2. The standard InChI is InChI=1S/C45H86NO8P/c1-6-8-10-12-14-16-18-20-21-22-23-24-26-28-30-32-34-36-38-45(48)54-43(42-53-55(49,50)52-40-39-46(3,4)5)41-51-44(47)37-35-33-31-29-27-25-19-17-15-13-11-9-7-2/h17,19,21-22,43H,6-16,18,20,23-42H2,1-5H3/p+1/b19-17-,22-21-. The molecule has 0 spiro atoms. The molecule has 0 aliphatic rings. The zero-order chi connectivity index (χ0) is 40.7. The van der Waals surface area contributed by atoms with Crippen LogP contribution < -0.4 is 0 Å². The molecule has 0 amide bonds. The van der Waals surface area contributed by atoms with Crippen molar-refractivity contribution < 1.29 is 42.1 Å². The van der Waals surface area contributed by atoms with Gasteiger partial charge in [0.1, 0.15) is 19.8 Å². The highest BCUT2D eigenvalue weighted by molar-refractivity contribution is 7.47. The molecule has 0 heterocycles. The van der Waals surface area contributed by atoms with Gasteiger partial charge < -0.3 is 18.9 Å². The molecule has 1 N–H and O–H groups in total. The summed E-state index contributed by atoms with van der Waals surface area (Å²) in [5.74, 6) is -0.809. The van der Waals surface area contributed by atoms with Gasteiger partial charge in [-0.1, -0.05) is 147 Å². The Morgan fingerprint density at radius 3 is 1.36 bits per heavy atom. The van der Waals surface area contributed by atoms with Crippen molar-refractivity contribution in [3.05, 3.63) is 24.3 Å². The number of ether oxygens (including phenoxy) is 2. The number of unbranched alkanes of at least 4 members (excludes halogenated alkanes) is 23. The number of hydrogen-bond acceptors (Lipinski definition) is 7. The van der Waals surface area contributed by atoms with E-state index in [1.54, 1.807) is 0 Å². The van der Waals surface area contributed by atoms with Crippen molar-refractivity contribution in [2.45, 2.75) is 206 Å². The Morgan fingerprint density at radius 2 is 0.927 bits per heavy atom. The van der Waals surface area contributed by atoms with E-state index >= 15 is 0 Å². The topological polar surface area (TPSA) is 108 Å². The van der Waals surface area contributed by atoms with Gasteiger partial charge in [-0.3, -0.25) is 18.6 Å². The van der Waals surface area contributed by atoms with Crippen molar-refractivity contribution in [2.75, 3.05) is 47.5 Å². The van der Waals surface area contributed by atoms with Crippen molar-refractivity contribution in [1.82, 2.24) is 0 Å². The van der Waals surface area contributed by atoms with Crippen LogP contribution in [-0.4, -0.2) is 74.9 Å². The highest BCUT2D eigenvalue weighted by atomic mass is 31.2. The highest BCUT2D eigenvalue weighted by Gasteiger charge is 2.27. The number of hydrogen-bond donors (Lipinski definition) is 1. The minimum atomic E-state index is -4.37. The number of allylic oxidation sites excluding steroid dienone is 4. The predicted molar refractivity (Wildman–Crippen MR) is 229 cm³/mol. The Bertz CT molecular complexity index is 996. The van der Waals surface area contributed by atoms with Gasteiger partial charge in [-0.25, -0.2) is 4.57 Å². The minimum absolute atomic E-state index is 0.0307. The van der Waals surface area contributed by atoms with Gasteiger partial charge in [0, 0.05) is 12.8 Å². The van der Waals surface area contributed by atoms with Crippen molar-refractivity contribution in [3.63, 3.8) is 0 Å². The summed E-state index contributed by atoms with van der Waals surface area (Å²) in [6.45, 7) is 4.40. The van der Waals surface area contributed by atoms with Crippen molar-refractivity contribution in [1.29, 1.82) is 0 Å². The van der Waals surface area contributed by atoms with Crippen molar-refractivity contribution in [2.24, 2.45) is 0 Å². The summed E-state index contributed by atoms with van der Waals surface area (Å²) >= 11 is 0. The number of carbonyl (C=O) groups is 2. The molecule has 2 atom stereocenters. The van der Waals surface area contributed by atoms with E-state index in [9.17, 15) is 19.0 Å². The van der Waals surface area contributed by atoms with Gasteiger partial charge in [-0.05, 0) is 64.2 Å². The van der Waals surface area contributed by atoms with Gasteiger partial charge in [-0.2, -0.15) is 0 Å². The average molecular weight is 801 g/mol. The lowest BCUT2D eigenvalue weighted by Gasteiger charge is -2.24. The Balaban J connectivity index is 4.34. The molecule has 0 aromatic rings. The second-order valence-electron chi connectivity index (χ2n) is 16.4. The molecule has 0 bridgehead atoms. The second-order valence-corrected chi connectivity index (χ2v) is 17.9. The molecular weight excluding hydrogens is 713 g/mol. The smallest absolute Gasteiger partial charge is 0.462 e. The monoisotopic (exact) mass is 801 g/mol. The Labute approximate surface area is 339 Å². The summed E-state index contributed by atoms with van der Waals surface area (Å²) in [6.07, 6.45) is 40.8. The maximum Gasteiger partial charge on any atom is 0.472 e. The van der Waals surface area contributed by atoms with E-state index < -0.39 is 26.5 Å². The van der Waals surface area contributed by atoms with E-state index in [-0.39, 0.29) is 32.0 Å². The number of rotatable bonds is 41. The molecule has 2 unspecified atom stereocenters. The minimum Gasteiger partial charge on any atom is -0.462 e. The van der Waals surface area contributed by atoms with Crippen LogP contribution >= 0.6 is 7.82 Å². The van der Waals surface area contributed by atoms with Gasteiger partial charge in [0.2, 0.25) is 0 Å². The van der Waals surface area contributed by atoms with Gasteiger partial charge in [-0.15, -0.1) is 0 Å². The number of nitrogens with zero attached hydrogens (tertiary/aromatic N) is 1. The van der Waals surface area contributed by atoms with Crippen LogP contribution in [0.3, 0.4) is 0 Å². The van der Waals surface area contributed by atoms with Crippen LogP contribution in [0.5, 0.6) is 0 Å². The lowest BCUT2D eigenvalue weighted by atomic mass is 10.1. The van der Waals surface area contributed by atoms with Crippen LogP contribution in [-0.2, 0) is 32.7 Å². The normalized spacial score (nSPS) is 13.8. The number of likely N-dealkylation sites (N-methyl/N-ethyl adjacent to an activating group) is 1. The van der Waals surface area contributed by atoms with E-state index in [4.69, 9.17) is 18.5 Å². The predicted octanol–water partition coefficient (Wildman–Crippen LogP) is 12.7. The first kappa shape index (κ1) is 53.5. The first-order valence-electron chi connectivity index (χ1n) is 22.6. The fourth-order valence-corrected chi connectivity index (χ4v) is 6.86. The Morgan fingerprint density at radius 1 is 0.545 bits per heavy atom. The molecular formula is C45H87NO8P+. The fourth-order valence-electron chi connectivity index (χ4n) is 6.12. The summed E-state index contributed by atoms with van der Waals surface area (Å²) in [5.41, 5.74) is 0. The summed E-state index contributed by atoms with van der Waals surface area (Å²) in [4.78, 5) is 35.3. The zero-order valence-electron chi connectivity index (χ0n) is 36.4. The third kappa shape index (κ3) is 41.9. The quantitative estimate of drug-likeness (QED) is 0.0214. The number of quaternary nitrogens is 1. The van der Waals surface area contributed by atoms with Gasteiger partial charge in [0.05, 0.1) is 27.7 Å². The van der Waals surface area contributed by atoms with Gasteiger partial charge in [0.25, 0.3) is 0 Å². The van der Waals surface area contributed by atoms with Crippen molar-refractivity contribution in [3.8, 4) is 0 Å². The number of phosphoric ester groups is 1. The first-order chi connectivity index (χ1) is 26.5. The van der Waals surface area contributed by atoms with Gasteiger partial charge >= 0.3 is 19.8 Å². The third-order valence-corrected chi connectivity index (χ3v) is 10.7. The van der Waals surface area contributed by atoms with E-state index in [0.717, 1.165) is 64.2 Å². The lowest BCUT2D eigenvalue weighted by Crippen LogP contribution is -2.37. The molecule has 55 heavy (non-hydrogen) atoms. The number of esters is 2. The van der Waals surface area contributed by atoms with Crippen LogP contribution in [0.2, 0.25) is 0 Å². The van der Waals surface area contributed by atoms with E-state index in [1.807, 2.05) is 21.1 Å². The lowest BCUT2D eigenvalue weighted by molar-refractivity contribution is -0.870. The molecule has 0 rings (SSSR count). The Kier molecular flexibility index (Phi) is 37.0. The number of phosphoric acid groups is 1. The van der Waals surface area contributed by atoms with Crippen molar-refractivity contribution >= 4 is 19.8 Å². The van der Waals surface area contributed by atoms with E-state index in [0.29, 0.717) is 17.4 Å². The van der Waals surface area contributed by atoms with E-state index in [1.165, 1.54) is 103 Å². The maximum absolute atomic E-state index is 12.7. The maximum atomic E-state index is 12.7. The fraction of sp³-hybridized carbons (Fsp3) is 0.867. The third-order valence-electron chi connectivity index (χ3n) is 9.70. The molecule has 0 aliphatic carbocycles. The summed E-state index contributed by atoms with van der Waals surface area (Å²) in [6, 6.07) is 0. The van der Waals surface area contributed by atoms with Crippen LogP contribution in [0.15, 0.2) is 24.3 Å². The first-order valence-corrected chi connectivity index (χ1v) is 24.1. The highest BCUT2D eigenvalue weighted by Crippen LogP contribution is 2.43.